The van der Waals surface area contributed by atoms with Crippen molar-refractivity contribution >= 4 is 11.9 Å². The molecule has 0 saturated heterocycles. The van der Waals surface area contributed by atoms with Gasteiger partial charge in [0.2, 0.25) is 0 Å². The van der Waals surface area contributed by atoms with Crippen LogP contribution >= 0.6 is 0 Å². The average Bonchev–Trinajstić information content (AvgIpc) is 3.17. The number of carbonyl (C=O) groups is 2. The molecule has 29 heavy (non-hydrogen) atoms. The molecule has 1 aromatic heterocycles. The molecule has 1 atom stereocenters. The van der Waals surface area contributed by atoms with Gasteiger partial charge in [-0.15, -0.1) is 5.10 Å². The van der Waals surface area contributed by atoms with Crippen LogP contribution in [0.2, 0.25) is 0 Å². The van der Waals surface area contributed by atoms with E-state index in [-0.39, 0.29) is 12.3 Å². The van der Waals surface area contributed by atoms with Gasteiger partial charge in [-0.3, -0.25) is 4.79 Å². The number of amides is 1. The summed E-state index contributed by atoms with van der Waals surface area (Å²) in [6.45, 7) is 6.97. The Morgan fingerprint density at radius 2 is 1.76 bits per heavy atom. The number of ether oxygens (including phenoxy) is 3. The van der Waals surface area contributed by atoms with Crippen molar-refractivity contribution in [2.75, 3.05) is 19.8 Å². The van der Waals surface area contributed by atoms with E-state index < -0.39 is 24.2 Å². The second-order valence-corrected chi connectivity index (χ2v) is 6.13. The lowest BCUT2D eigenvalue weighted by atomic mass is 10.1. The van der Waals surface area contributed by atoms with E-state index in [0.29, 0.717) is 26.2 Å². The van der Waals surface area contributed by atoms with Gasteiger partial charge in [0.1, 0.15) is 6.04 Å². The van der Waals surface area contributed by atoms with E-state index in [9.17, 15) is 9.59 Å². The van der Waals surface area contributed by atoms with Crippen LogP contribution in [-0.2, 0) is 32.0 Å². The zero-order valence-electron chi connectivity index (χ0n) is 17.0. The maximum Gasteiger partial charge on any atom is 0.328 e. The molecule has 0 bridgehead atoms. The summed E-state index contributed by atoms with van der Waals surface area (Å²) in [5.41, 5.74) is 1.00. The fourth-order valence-electron chi connectivity index (χ4n) is 2.69. The third-order valence-electron chi connectivity index (χ3n) is 3.97. The second-order valence-electron chi connectivity index (χ2n) is 6.13. The van der Waals surface area contributed by atoms with Gasteiger partial charge in [0.05, 0.1) is 19.3 Å². The molecule has 0 radical (unpaired) electrons. The molecule has 0 fully saturated rings. The van der Waals surface area contributed by atoms with E-state index in [1.165, 1.54) is 10.9 Å². The molecule has 0 aliphatic rings. The van der Waals surface area contributed by atoms with Crippen molar-refractivity contribution in [1.82, 2.24) is 20.3 Å². The van der Waals surface area contributed by atoms with E-state index in [1.54, 1.807) is 6.92 Å². The predicted octanol–water partition coefficient (Wildman–Crippen LogP) is 1.58. The molecule has 0 aliphatic heterocycles. The van der Waals surface area contributed by atoms with Crippen molar-refractivity contribution in [3.8, 4) is 0 Å². The molecule has 1 unspecified atom stereocenters. The van der Waals surface area contributed by atoms with E-state index in [0.717, 1.165) is 5.56 Å². The summed E-state index contributed by atoms with van der Waals surface area (Å²) in [7, 11) is 0. The fourth-order valence-corrected chi connectivity index (χ4v) is 2.69. The fraction of sp³-hybridized carbons (Fsp3) is 0.500. The maximum atomic E-state index is 12.6. The Morgan fingerprint density at radius 1 is 1.07 bits per heavy atom. The lowest BCUT2D eigenvalue weighted by Gasteiger charge is -2.17. The Morgan fingerprint density at radius 3 is 2.38 bits per heavy atom. The summed E-state index contributed by atoms with van der Waals surface area (Å²) in [5.74, 6) is -1.00. The number of hydrogen-bond donors (Lipinski definition) is 1. The molecule has 2 rings (SSSR count). The van der Waals surface area contributed by atoms with E-state index in [4.69, 9.17) is 14.2 Å². The monoisotopic (exact) mass is 404 g/mol. The number of esters is 1. The van der Waals surface area contributed by atoms with Crippen LogP contribution in [0.4, 0.5) is 0 Å². The van der Waals surface area contributed by atoms with E-state index in [1.807, 2.05) is 44.2 Å². The molecule has 0 aliphatic carbocycles. The first-order valence-corrected chi connectivity index (χ1v) is 9.72. The highest BCUT2D eigenvalue weighted by Gasteiger charge is 2.24. The first-order valence-electron chi connectivity index (χ1n) is 9.72. The molecule has 158 valence electrons. The molecule has 0 spiro atoms. The first-order chi connectivity index (χ1) is 14.1. The Labute approximate surface area is 170 Å². The second kappa shape index (κ2) is 11.9. The topological polar surface area (TPSA) is 105 Å². The predicted molar refractivity (Wildman–Crippen MR) is 105 cm³/mol. The highest BCUT2D eigenvalue weighted by atomic mass is 16.7. The van der Waals surface area contributed by atoms with Gasteiger partial charge in [-0.25, -0.2) is 9.48 Å². The molecule has 0 saturated carbocycles. The molecule has 9 heteroatoms. The van der Waals surface area contributed by atoms with E-state index in [2.05, 4.69) is 15.6 Å². The Bertz CT molecular complexity index is 759. The number of aromatic nitrogens is 3. The van der Waals surface area contributed by atoms with Crippen LogP contribution in [0.15, 0.2) is 36.5 Å². The third kappa shape index (κ3) is 7.28. The molecule has 9 nitrogen and oxygen atoms in total. The minimum Gasteiger partial charge on any atom is -0.464 e. The van der Waals surface area contributed by atoms with Crippen molar-refractivity contribution in [3.05, 3.63) is 47.8 Å². The van der Waals surface area contributed by atoms with Gasteiger partial charge in [-0.05, 0) is 26.3 Å². The SMILES string of the molecule is CCOC(=O)C(Cc1ccccc1)NC(=O)c1cn(CC(OCC)OCC)nn1. The molecule has 1 amide bonds. The van der Waals surface area contributed by atoms with Crippen LogP contribution < -0.4 is 5.32 Å². The van der Waals surface area contributed by atoms with Crippen LogP contribution in [0.5, 0.6) is 0 Å². The van der Waals surface area contributed by atoms with Crippen molar-refractivity contribution in [3.63, 3.8) is 0 Å². The van der Waals surface area contributed by atoms with E-state index >= 15 is 0 Å². The quantitative estimate of drug-likeness (QED) is 0.423. The number of carbonyl (C=O) groups excluding carboxylic acids is 2. The van der Waals surface area contributed by atoms with Crippen molar-refractivity contribution < 1.29 is 23.8 Å². The Kier molecular flexibility index (Phi) is 9.26. The average molecular weight is 404 g/mol. The van der Waals surface area contributed by atoms with Crippen LogP contribution in [-0.4, -0.2) is 59.0 Å². The molecule has 1 heterocycles. The first kappa shape index (κ1) is 22.5. The van der Waals surface area contributed by atoms with Gasteiger partial charge in [0.15, 0.2) is 12.0 Å². The minimum absolute atomic E-state index is 0.0964. The lowest BCUT2D eigenvalue weighted by Crippen LogP contribution is -2.43. The Hall–Kier alpha value is -2.78. The maximum absolute atomic E-state index is 12.6. The van der Waals surface area contributed by atoms with Gasteiger partial charge >= 0.3 is 5.97 Å². The zero-order chi connectivity index (χ0) is 21.1. The summed E-state index contributed by atoms with van der Waals surface area (Å²) in [4.78, 5) is 24.9. The number of benzene rings is 1. The van der Waals surface area contributed by atoms with Crippen LogP contribution in [0.3, 0.4) is 0 Å². The van der Waals surface area contributed by atoms with Gasteiger partial charge in [0.25, 0.3) is 5.91 Å². The summed E-state index contributed by atoms with van der Waals surface area (Å²) in [5, 5.41) is 10.5. The van der Waals surface area contributed by atoms with Crippen molar-refractivity contribution in [2.45, 2.75) is 46.1 Å². The smallest absolute Gasteiger partial charge is 0.328 e. The van der Waals surface area contributed by atoms with Crippen LogP contribution in [0, 0.1) is 0 Å². The minimum atomic E-state index is -0.824. The number of hydrogen-bond acceptors (Lipinski definition) is 7. The summed E-state index contributed by atoms with van der Waals surface area (Å²) >= 11 is 0. The number of rotatable bonds is 12. The lowest BCUT2D eigenvalue weighted by molar-refractivity contribution is -0.145. The molecular weight excluding hydrogens is 376 g/mol. The summed E-state index contributed by atoms with van der Waals surface area (Å²) in [6, 6.07) is 8.58. The third-order valence-corrected chi connectivity index (χ3v) is 3.97. The van der Waals surface area contributed by atoms with Gasteiger partial charge in [0, 0.05) is 19.6 Å². The van der Waals surface area contributed by atoms with Gasteiger partial charge in [-0.1, -0.05) is 35.5 Å². The Balaban J connectivity index is 2.04. The van der Waals surface area contributed by atoms with Crippen LogP contribution in [0.1, 0.15) is 36.8 Å². The number of nitrogens with one attached hydrogen (secondary N) is 1. The molecule has 2 aromatic rings. The van der Waals surface area contributed by atoms with Gasteiger partial charge < -0.3 is 19.5 Å². The van der Waals surface area contributed by atoms with Crippen molar-refractivity contribution in [1.29, 1.82) is 0 Å². The highest BCUT2D eigenvalue weighted by Crippen LogP contribution is 2.07. The normalized spacial score (nSPS) is 12.0. The summed E-state index contributed by atoms with van der Waals surface area (Å²) < 4.78 is 17.5. The largest absolute Gasteiger partial charge is 0.464 e. The van der Waals surface area contributed by atoms with Crippen LogP contribution in [0.25, 0.3) is 0 Å². The highest BCUT2D eigenvalue weighted by molar-refractivity contribution is 5.95. The summed E-state index contributed by atoms with van der Waals surface area (Å²) in [6.07, 6.45) is 1.33. The molecule has 1 N–H and O–H groups in total. The zero-order valence-corrected chi connectivity index (χ0v) is 17.0. The van der Waals surface area contributed by atoms with Crippen molar-refractivity contribution in [2.24, 2.45) is 0 Å². The molecular formula is C20H28N4O5. The standard InChI is InChI=1S/C20H28N4O5/c1-4-27-18(28-5-2)14-24-13-17(22-23-24)19(25)21-16(20(26)29-6-3)12-15-10-8-7-9-11-15/h7-11,13,16,18H,4-6,12,14H2,1-3H3,(H,21,25). The van der Waals surface area contributed by atoms with Gasteiger partial charge in [-0.2, -0.15) is 0 Å². The number of nitrogens with zero attached hydrogens (tertiary/aromatic N) is 3. The molecule has 1 aromatic carbocycles.